The highest BCUT2D eigenvalue weighted by Crippen LogP contribution is 2.07. The van der Waals surface area contributed by atoms with Gasteiger partial charge in [0.15, 0.2) is 5.78 Å². The van der Waals surface area contributed by atoms with E-state index in [4.69, 9.17) is 10.5 Å². The molecule has 0 fully saturated rings. The lowest BCUT2D eigenvalue weighted by molar-refractivity contribution is 0.0968. The third-order valence-electron chi connectivity index (χ3n) is 1.96. The molecule has 1 aromatic rings. The van der Waals surface area contributed by atoms with Gasteiger partial charge in [0.1, 0.15) is 0 Å². The Balaban J connectivity index is 0.00000196. The molecule has 0 amide bonds. The summed E-state index contributed by atoms with van der Waals surface area (Å²) in [5.74, 6) is -0.0334. The van der Waals surface area contributed by atoms with Gasteiger partial charge in [-0.1, -0.05) is 24.3 Å². The summed E-state index contributed by atoms with van der Waals surface area (Å²) >= 11 is 0. The van der Waals surface area contributed by atoms with E-state index in [2.05, 4.69) is 0 Å². The molecule has 0 heterocycles. The smallest absolute Gasteiger partial charge is 0.179 e. The van der Waals surface area contributed by atoms with Gasteiger partial charge in [0.25, 0.3) is 0 Å². The zero-order chi connectivity index (χ0) is 10.6. The van der Waals surface area contributed by atoms with Crippen molar-refractivity contribution in [3.8, 4) is 0 Å². The highest BCUT2D eigenvalue weighted by Gasteiger charge is 2.09. The second kappa shape index (κ2) is 6.56. The molecule has 0 aliphatic heterocycles. The molecule has 3 nitrogen and oxygen atoms in total. The van der Waals surface area contributed by atoms with Crippen LogP contribution >= 0.6 is 12.4 Å². The van der Waals surface area contributed by atoms with Gasteiger partial charge < -0.3 is 10.5 Å². The van der Waals surface area contributed by atoms with Gasteiger partial charge >= 0.3 is 0 Å². The van der Waals surface area contributed by atoms with E-state index in [0.29, 0.717) is 12.2 Å². The Kier molecular flexibility index (Phi) is 6.17. The molecule has 2 N–H and O–H groups in total. The average Bonchev–Trinajstić information content (AvgIpc) is 2.18. The van der Waals surface area contributed by atoms with Crippen LogP contribution in [0.4, 0.5) is 0 Å². The molecule has 0 radical (unpaired) electrons. The Morgan fingerprint density at radius 1 is 1.40 bits per heavy atom. The van der Waals surface area contributed by atoms with Crippen molar-refractivity contribution >= 4 is 18.2 Å². The topological polar surface area (TPSA) is 52.3 Å². The molecular formula is C11H16ClNO2. The van der Waals surface area contributed by atoms with Crippen molar-refractivity contribution in [2.24, 2.45) is 5.73 Å². The monoisotopic (exact) mass is 229 g/mol. The van der Waals surface area contributed by atoms with Gasteiger partial charge in [0.2, 0.25) is 0 Å². The number of hydrogen-bond donors (Lipinski definition) is 1. The Hall–Kier alpha value is -0.900. The van der Waals surface area contributed by atoms with Crippen LogP contribution in [-0.4, -0.2) is 18.9 Å². The fraction of sp³-hybridized carbons (Fsp3) is 0.364. The Morgan fingerprint density at radius 2 is 1.93 bits per heavy atom. The van der Waals surface area contributed by atoms with Crippen LogP contribution in [0.1, 0.15) is 22.8 Å². The number of ether oxygens (including phenoxy) is 1. The second-order valence-electron chi connectivity index (χ2n) is 3.28. The molecule has 0 aromatic heterocycles. The predicted octanol–water partition coefficient (Wildman–Crippen LogP) is 1.78. The summed E-state index contributed by atoms with van der Waals surface area (Å²) in [5.41, 5.74) is 7.19. The van der Waals surface area contributed by atoms with Crippen LogP contribution in [-0.2, 0) is 11.3 Å². The summed E-state index contributed by atoms with van der Waals surface area (Å²) < 4.78 is 4.97. The summed E-state index contributed by atoms with van der Waals surface area (Å²) in [7, 11) is 1.64. The zero-order valence-electron chi connectivity index (χ0n) is 8.90. The number of methoxy groups -OCH3 is 1. The highest BCUT2D eigenvalue weighted by molar-refractivity contribution is 5.99. The largest absolute Gasteiger partial charge is 0.380 e. The number of Topliss-reactive ketones (excluding diaryl/α,β-unsaturated/α-hetero) is 1. The molecule has 1 rings (SSSR count). The minimum atomic E-state index is -0.441. The van der Waals surface area contributed by atoms with Crippen molar-refractivity contribution in [3.05, 3.63) is 35.4 Å². The van der Waals surface area contributed by atoms with Crippen LogP contribution < -0.4 is 5.73 Å². The quantitative estimate of drug-likeness (QED) is 0.801. The van der Waals surface area contributed by atoms with Crippen LogP contribution in [0.15, 0.2) is 24.3 Å². The maximum Gasteiger partial charge on any atom is 0.179 e. The number of carbonyl (C=O) groups is 1. The van der Waals surface area contributed by atoms with Gasteiger partial charge in [-0.05, 0) is 12.5 Å². The van der Waals surface area contributed by atoms with E-state index >= 15 is 0 Å². The summed E-state index contributed by atoms with van der Waals surface area (Å²) in [6.45, 7) is 2.25. The van der Waals surface area contributed by atoms with E-state index in [1.54, 1.807) is 26.2 Å². The number of nitrogens with two attached hydrogens (primary N) is 1. The number of carbonyl (C=O) groups excluding carboxylic acids is 1. The summed E-state index contributed by atoms with van der Waals surface area (Å²) in [6, 6.07) is 6.86. The maximum atomic E-state index is 11.5. The van der Waals surface area contributed by atoms with Crippen molar-refractivity contribution in [2.45, 2.75) is 19.6 Å². The van der Waals surface area contributed by atoms with Crippen LogP contribution in [0.25, 0.3) is 0 Å². The van der Waals surface area contributed by atoms with Gasteiger partial charge in [-0.2, -0.15) is 0 Å². The van der Waals surface area contributed by atoms with Crippen molar-refractivity contribution < 1.29 is 9.53 Å². The van der Waals surface area contributed by atoms with Crippen LogP contribution in [0.2, 0.25) is 0 Å². The maximum absolute atomic E-state index is 11.5. The number of halogens is 1. The molecule has 1 aromatic carbocycles. The molecule has 4 heteroatoms. The molecule has 84 valence electrons. The SMILES string of the molecule is COCc1ccc(C(=O)[C@H](C)N)cc1.Cl. The van der Waals surface area contributed by atoms with Crippen LogP contribution in [0.5, 0.6) is 0 Å². The number of rotatable bonds is 4. The zero-order valence-corrected chi connectivity index (χ0v) is 9.71. The molecule has 0 spiro atoms. The van der Waals surface area contributed by atoms with E-state index in [1.165, 1.54) is 0 Å². The fourth-order valence-electron chi connectivity index (χ4n) is 1.19. The molecule has 1 atom stereocenters. The van der Waals surface area contributed by atoms with Crippen molar-refractivity contribution in [2.75, 3.05) is 7.11 Å². The van der Waals surface area contributed by atoms with Gasteiger partial charge in [-0.3, -0.25) is 4.79 Å². The molecule has 0 unspecified atom stereocenters. The lowest BCUT2D eigenvalue weighted by Gasteiger charge is -2.05. The van der Waals surface area contributed by atoms with E-state index < -0.39 is 6.04 Å². The molecule has 0 aliphatic rings. The summed E-state index contributed by atoms with van der Waals surface area (Å²) in [6.07, 6.45) is 0. The second-order valence-corrected chi connectivity index (χ2v) is 3.28. The van der Waals surface area contributed by atoms with Crippen molar-refractivity contribution in [3.63, 3.8) is 0 Å². The average molecular weight is 230 g/mol. The highest BCUT2D eigenvalue weighted by atomic mass is 35.5. The minimum absolute atomic E-state index is 0. The van der Waals surface area contributed by atoms with E-state index in [9.17, 15) is 4.79 Å². The Bertz CT molecular complexity index is 309. The minimum Gasteiger partial charge on any atom is -0.380 e. The number of benzene rings is 1. The third kappa shape index (κ3) is 4.00. The lowest BCUT2D eigenvalue weighted by atomic mass is 10.0. The van der Waals surface area contributed by atoms with E-state index in [0.717, 1.165) is 5.56 Å². The molecule has 0 bridgehead atoms. The van der Waals surface area contributed by atoms with Gasteiger partial charge in [-0.25, -0.2) is 0 Å². The lowest BCUT2D eigenvalue weighted by Crippen LogP contribution is -2.26. The Morgan fingerprint density at radius 3 is 2.33 bits per heavy atom. The normalized spacial score (nSPS) is 11.7. The van der Waals surface area contributed by atoms with E-state index in [1.807, 2.05) is 12.1 Å². The number of hydrogen-bond acceptors (Lipinski definition) is 3. The first-order chi connectivity index (χ1) is 6.65. The van der Waals surface area contributed by atoms with Crippen LogP contribution in [0.3, 0.4) is 0 Å². The van der Waals surface area contributed by atoms with Gasteiger partial charge in [0, 0.05) is 12.7 Å². The number of ketones is 1. The summed E-state index contributed by atoms with van der Waals surface area (Å²) in [4.78, 5) is 11.5. The first-order valence-corrected chi connectivity index (χ1v) is 4.53. The first kappa shape index (κ1) is 14.1. The first-order valence-electron chi connectivity index (χ1n) is 4.53. The standard InChI is InChI=1S/C11H15NO2.ClH/c1-8(12)11(13)10-5-3-9(4-6-10)7-14-2;/h3-6,8H,7,12H2,1-2H3;1H/t8-;/m0./s1. The van der Waals surface area contributed by atoms with Crippen molar-refractivity contribution in [1.29, 1.82) is 0 Å². The molecule has 0 saturated carbocycles. The molecule has 0 aliphatic carbocycles. The third-order valence-corrected chi connectivity index (χ3v) is 1.96. The Labute approximate surface area is 96.0 Å². The molecular weight excluding hydrogens is 214 g/mol. The van der Waals surface area contributed by atoms with Crippen LogP contribution in [0, 0.1) is 0 Å². The fourth-order valence-corrected chi connectivity index (χ4v) is 1.19. The van der Waals surface area contributed by atoms with Crippen molar-refractivity contribution in [1.82, 2.24) is 0 Å². The molecule has 15 heavy (non-hydrogen) atoms. The van der Waals surface area contributed by atoms with Gasteiger partial charge in [-0.15, -0.1) is 12.4 Å². The van der Waals surface area contributed by atoms with E-state index in [-0.39, 0.29) is 18.2 Å². The predicted molar refractivity (Wildman–Crippen MR) is 62.4 cm³/mol. The van der Waals surface area contributed by atoms with Gasteiger partial charge in [0.05, 0.1) is 12.6 Å². The summed E-state index contributed by atoms with van der Waals surface area (Å²) in [5, 5.41) is 0. The molecule has 0 saturated heterocycles.